The van der Waals surface area contributed by atoms with Crippen LogP contribution in [0.15, 0.2) is 53.9 Å². The Balaban J connectivity index is 1.92. The normalized spacial score (nSPS) is 10.3. The topological polar surface area (TPSA) is 80.6 Å². The lowest BCUT2D eigenvalue weighted by molar-refractivity contribution is -0.131. The molecule has 0 radical (unpaired) electrons. The first-order valence-corrected chi connectivity index (χ1v) is 6.17. The second-order valence-corrected chi connectivity index (χ2v) is 4.10. The number of amides is 1. The third kappa shape index (κ3) is 4.54. The van der Waals surface area contributed by atoms with Crippen LogP contribution in [0.2, 0.25) is 0 Å². The van der Waals surface area contributed by atoms with Gasteiger partial charge in [0.05, 0.1) is 6.21 Å². The number of hydrogen-bond donors (Lipinski definition) is 1. The number of aromatic nitrogens is 1. The number of carbonyl (C=O) groups is 2. The van der Waals surface area contributed by atoms with E-state index in [0.29, 0.717) is 11.3 Å². The van der Waals surface area contributed by atoms with Crippen LogP contribution in [0.4, 0.5) is 0 Å². The second kappa shape index (κ2) is 6.95. The minimum atomic E-state index is -0.374. The van der Waals surface area contributed by atoms with E-state index in [4.69, 9.17) is 4.74 Å². The van der Waals surface area contributed by atoms with Crippen LogP contribution in [0.25, 0.3) is 0 Å². The van der Waals surface area contributed by atoms with Crippen molar-refractivity contribution >= 4 is 18.1 Å². The molecule has 0 fully saturated rings. The molecule has 1 heterocycles. The maximum Gasteiger partial charge on any atom is 0.308 e. The van der Waals surface area contributed by atoms with Gasteiger partial charge in [0.1, 0.15) is 5.75 Å². The number of hydrazone groups is 1. The van der Waals surface area contributed by atoms with Gasteiger partial charge < -0.3 is 4.74 Å². The average Bonchev–Trinajstić information content (AvgIpc) is 2.49. The number of carbonyl (C=O) groups excluding carboxylic acids is 2. The summed E-state index contributed by atoms with van der Waals surface area (Å²) in [6.07, 6.45) is 4.56. The zero-order valence-electron chi connectivity index (χ0n) is 11.3. The number of esters is 1. The summed E-state index contributed by atoms with van der Waals surface area (Å²) < 4.78 is 4.91. The van der Waals surface area contributed by atoms with Gasteiger partial charge >= 0.3 is 5.97 Å². The van der Waals surface area contributed by atoms with Crippen LogP contribution >= 0.6 is 0 Å². The molecule has 1 N–H and O–H groups in total. The highest BCUT2D eigenvalue weighted by Crippen LogP contribution is 2.11. The van der Waals surface area contributed by atoms with Gasteiger partial charge in [-0.05, 0) is 42.0 Å². The Bertz CT molecular complexity index is 652. The molecule has 0 spiro atoms. The minimum Gasteiger partial charge on any atom is -0.427 e. The van der Waals surface area contributed by atoms with E-state index in [-0.39, 0.29) is 11.9 Å². The van der Waals surface area contributed by atoms with E-state index in [0.717, 1.165) is 5.56 Å². The summed E-state index contributed by atoms with van der Waals surface area (Å²) in [6.45, 7) is 1.34. The van der Waals surface area contributed by atoms with E-state index in [2.05, 4.69) is 15.5 Å². The van der Waals surface area contributed by atoms with Gasteiger partial charge in [-0.1, -0.05) is 0 Å². The van der Waals surface area contributed by atoms with E-state index in [9.17, 15) is 9.59 Å². The van der Waals surface area contributed by atoms with Gasteiger partial charge in [-0.3, -0.25) is 14.6 Å². The predicted molar refractivity (Wildman–Crippen MR) is 77.0 cm³/mol. The molecule has 2 rings (SSSR count). The molecule has 0 unspecified atom stereocenters. The molecule has 0 aliphatic rings. The standard InChI is InChI=1S/C15H13N3O3/c1-11(19)21-14-4-2-12(3-5-14)10-17-18-15(20)13-6-8-16-9-7-13/h2-10H,1H3,(H,18,20)/b17-10+. The smallest absolute Gasteiger partial charge is 0.308 e. The molecule has 0 atom stereocenters. The minimum absolute atomic E-state index is 0.315. The number of ether oxygens (including phenoxy) is 1. The Morgan fingerprint density at radius 1 is 1.14 bits per heavy atom. The van der Waals surface area contributed by atoms with Gasteiger partial charge in [0.25, 0.3) is 5.91 Å². The zero-order valence-corrected chi connectivity index (χ0v) is 11.3. The molecule has 0 aliphatic heterocycles. The highest BCUT2D eigenvalue weighted by molar-refractivity contribution is 5.94. The van der Waals surface area contributed by atoms with Gasteiger partial charge in [-0.15, -0.1) is 0 Å². The summed E-state index contributed by atoms with van der Waals surface area (Å²) in [6, 6.07) is 9.93. The molecule has 6 heteroatoms. The monoisotopic (exact) mass is 283 g/mol. The molecular weight excluding hydrogens is 270 g/mol. The van der Waals surface area contributed by atoms with Gasteiger partial charge in [-0.25, -0.2) is 5.43 Å². The lowest BCUT2D eigenvalue weighted by Gasteiger charge is -2.01. The van der Waals surface area contributed by atoms with Gasteiger partial charge in [0, 0.05) is 24.9 Å². The Labute approximate surface area is 121 Å². The van der Waals surface area contributed by atoms with Crippen molar-refractivity contribution in [2.24, 2.45) is 5.10 Å². The highest BCUT2D eigenvalue weighted by atomic mass is 16.5. The van der Waals surface area contributed by atoms with Gasteiger partial charge in [0.2, 0.25) is 0 Å². The lowest BCUT2D eigenvalue weighted by Crippen LogP contribution is -2.17. The average molecular weight is 283 g/mol. The largest absolute Gasteiger partial charge is 0.427 e. The molecule has 1 aromatic carbocycles. The first-order valence-electron chi connectivity index (χ1n) is 6.17. The summed E-state index contributed by atoms with van der Waals surface area (Å²) in [7, 11) is 0. The number of pyridine rings is 1. The first kappa shape index (κ1) is 14.4. The fourth-order valence-corrected chi connectivity index (χ4v) is 1.52. The van der Waals surface area contributed by atoms with Crippen molar-refractivity contribution in [1.82, 2.24) is 10.4 Å². The van der Waals surface area contributed by atoms with Crippen LogP contribution < -0.4 is 10.2 Å². The molecule has 0 saturated heterocycles. The van der Waals surface area contributed by atoms with Crippen molar-refractivity contribution in [2.75, 3.05) is 0 Å². The highest BCUT2D eigenvalue weighted by Gasteiger charge is 2.02. The molecule has 0 bridgehead atoms. The Morgan fingerprint density at radius 3 is 2.43 bits per heavy atom. The van der Waals surface area contributed by atoms with Crippen molar-refractivity contribution < 1.29 is 14.3 Å². The van der Waals surface area contributed by atoms with Crippen molar-refractivity contribution in [2.45, 2.75) is 6.92 Å². The number of nitrogens with one attached hydrogen (secondary N) is 1. The van der Waals surface area contributed by atoms with Crippen LogP contribution in [0.1, 0.15) is 22.8 Å². The summed E-state index contributed by atoms with van der Waals surface area (Å²) in [5.41, 5.74) is 3.66. The molecule has 0 saturated carbocycles. The van der Waals surface area contributed by atoms with E-state index >= 15 is 0 Å². The van der Waals surface area contributed by atoms with Crippen molar-refractivity contribution in [1.29, 1.82) is 0 Å². The zero-order chi connectivity index (χ0) is 15.1. The molecular formula is C15H13N3O3. The van der Waals surface area contributed by atoms with Crippen molar-refractivity contribution in [3.63, 3.8) is 0 Å². The quantitative estimate of drug-likeness (QED) is 0.401. The third-order valence-electron chi connectivity index (χ3n) is 2.46. The fraction of sp³-hybridized carbons (Fsp3) is 0.0667. The SMILES string of the molecule is CC(=O)Oc1ccc(/C=N/NC(=O)c2ccncc2)cc1. The van der Waals surface area contributed by atoms with Crippen molar-refractivity contribution in [3.8, 4) is 5.75 Å². The molecule has 106 valence electrons. The van der Waals surface area contributed by atoms with Crippen LogP contribution in [-0.4, -0.2) is 23.1 Å². The summed E-state index contributed by atoms with van der Waals surface area (Å²) in [5, 5.41) is 3.86. The third-order valence-corrected chi connectivity index (χ3v) is 2.46. The summed E-state index contributed by atoms with van der Waals surface area (Å²) in [4.78, 5) is 26.3. The van der Waals surface area contributed by atoms with E-state index < -0.39 is 0 Å². The second-order valence-electron chi connectivity index (χ2n) is 4.10. The van der Waals surface area contributed by atoms with Crippen LogP contribution in [0, 0.1) is 0 Å². The Kier molecular flexibility index (Phi) is 4.76. The lowest BCUT2D eigenvalue weighted by atomic mass is 10.2. The van der Waals surface area contributed by atoms with E-state index in [1.807, 2.05) is 0 Å². The molecule has 1 aromatic heterocycles. The molecule has 21 heavy (non-hydrogen) atoms. The van der Waals surface area contributed by atoms with Crippen LogP contribution in [0.3, 0.4) is 0 Å². The first-order chi connectivity index (χ1) is 10.1. The number of hydrogen-bond acceptors (Lipinski definition) is 5. The maximum absolute atomic E-state index is 11.7. The van der Waals surface area contributed by atoms with Gasteiger partial charge in [-0.2, -0.15) is 5.10 Å². The summed E-state index contributed by atoms with van der Waals surface area (Å²) >= 11 is 0. The Morgan fingerprint density at radius 2 is 1.81 bits per heavy atom. The predicted octanol–water partition coefficient (Wildman–Crippen LogP) is 1.77. The molecule has 0 aliphatic carbocycles. The number of rotatable bonds is 4. The molecule has 6 nitrogen and oxygen atoms in total. The number of nitrogens with zero attached hydrogens (tertiary/aromatic N) is 2. The Hall–Kier alpha value is -3.02. The van der Waals surface area contributed by atoms with Crippen molar-refractivity contribution in [3.05, 3.63) is 59.9 Å². The molecule has 2 aromatic rings. The fourth-order valence-electron chi connectivity index (χ4n) is 1.52. The number of benzene rings is 1. The van der Waals surface area contributed by atoms with Gasteiger partial charge in [0.15, 0.2) is 0 Å². The maximum atomic E-state index is 11.7. The molecule has 1 amide bonds. The van der Waals surface area contributed by atoms with E-state index in [1.165, 1.54) is 25.5 Å². The van der Waals surface area contributed by atoms with E-state index in [1.54, 1.807) is 36.4 Å². The summed E-state index contributed by atoms with van der Waals surface area (Å²) in [5.74, 6) is -0.230. The van der Waals surface area contributed by atoms with Crippen LogP contribution in [0.5, 0.6) is 5.75 Å². The van der Waals surface area contributed by atoms with Crippen LogP contribution in [-0.2, 0) is 4.79 Å².